The van der Waals surface area contributed by atoms with Crippen LogP contribution in [0.1, 0.15) is 11.1 Å². The first-order valence-electron chi connectivity index (χ1n) is 7.65. The number of rotatable bonds is 6. The molecule has 0 unspecified atom stereocenters. The summed E-state index contributed by atoms with van der Waals surface area (Å²) < 4.78 is 43.4. The molecule has 2 heterocycles. The van der Waals surface area contributed by atoms with Crippen molar-refractivity contribution in [1.82, 2.24) is 0 Å². The number of hydrogen-bond donors (Lipinski definition) is 0. The van der Waals surface area contributed by atoms with Crippen molar-refractivity contribution in [2.24, 2.45) is 0 Å². The smallest absolute Gasteiger partial charge is 0.130 e. The average Bonchev–Trinajstić information content (AvgIpc) is 3.40. The van der Waals surface area contributed by atoms with Crippen molar-refractivity contribution in [2.75, 3.05) is 13.2 Å². The molecule has 0 N–H and O–H groups in total. The molecule has 3 nitrogen and oxygen atoms in total. The number of benzene rings is 2. The highest BCUT2D eigenvalue weighted by Gasteiger charge is 2.26. The summed E-state index contributed by atoms with van der Waals surface area (Å²) in [6.45, 7) is 1.38. The van der Waals surface area contributed by atoms with Crippen LogP contribution in [0, 0.1) is 11.6 Å². The van der Waals surface area contributed by atoms with Crippen molar-refractivity contribution in [3.05, 3.63) is 59.2 Å². The van der Waals surface area contributed by atoms with E-state index in [1.165, 1.54) is 24.3 Å². The highest BCUT2D eigenvalue weighted by molar-refractivity contribution is 5.42. The van der Waals surface area contributed by atoms with Crippen molar-refractivity contribution in [2.45, 2.75) is 25.0 Å². The van der Waals surface area contributed by atoms with Gasteiger partial charge < -0.3 is 14.2 Å². The van der Waals surface area contributed by atoms with E-state index in [-0.39, 0.29) is 23.8 Å². The third-order valence-electron chi connectivity index (χ3n) is 3.96. The fourth-order valence-corrected chi connectivity index (χ4v) is 2.60. The Morgan fingerprint density at radius 1 is 0.826 bits per heavy atom. The molecule has 2 fully saturated rings. The zero-order chi connectivity index (χ0) is 15.8. The fraction of sp³-hybridized carbons (Fsp3) is 0.333. The highest BCUT2D eigenvalue weighted by atomic mass is 19.1. The number of epoxide rings is 2. The van der Waals surface area contributed by atoms with Gasteiger partial charge in [-0.15, -0.1) is 0 Å². The second-order valence-corrected chi connectivity index (χ2v) is 5.93. The molecule has 5 heteroatoms. The van der Waals surface area contributed by atoms with Crippen LogP contribution in [-0.4, -0.2) is 25.4 Å². The van der Waals surface area contributed by atoms with Crippen LogP contribution in [0.15, 0.2) is 36.4 Å². The molecule has 2 saturated heterocycles. The van der Waals surface area contributed by atoms with Crippen LogP contribution in [0.5, 0.6) is 11.5 Å². The lowest BCUT2D eigenvalue weighted by atomic mass is 10.1. The molecule has 0 aromatic heterocycles. The monoisotopic (exact) mass is 318 g/mol. The van der Waals surface area contributed by atoms with Gasteiger partial charge in [-0.2, -0.15) is 0 Å². The molecule has 2 aromatic rings. The van der Waals surface area contributed by atoms with Crippen LogP contribution >= 0.6 is 0 Å². The zero-order valence-corrected chi connectivity index (χ0v) is 12.4. The van der Waals surface area contributed by atoms with E-state index in [0.29, 0.717) is 37.6 Å². The van der Waals surface area contributed by atoms with Crippen LogP contribution in [0.4, 0.5) is 8.78 Å². The molecule has 4 rings (SSSR count). The predicted octanol–water partition coefficient (Wildman–Crippen LogP) is 3.64. The molecular weight excluding hydrogens is 302 g/mol. The van der Waals surface area contributed by atoms with Crippen molar-refractivity contribution >= 4 is 0 Å². The van der Waals surface area contributed by atoms with Crippen LogP contribution in [0.3, 0.4) is 0 Å². The van der Waals surface area contributed by atoms with E-state index in [0.717, 1.165) is 11.1 Å². The normalized spacial score (nSPS) is 22.0. The summed E-state index contributed by atoms with van der Waals surface area (Å²) in [5.41, 5.74) is 1.51. The van der Waals surface area contributed by atoms with Gasteiger partial charge in [0.15, 0.2) is 0 Å². The summed E-state index contributed by atoms with van der Waals surface area (Å²) in [5, 5.41) is 0. The summed E-state index contributed by atoms with van der Waals surface area (Å²) in [5.74, 6) is 0.537. The maximum atomic E-state index is 13.5. The van der Waals surface area contributed by atoms with Crippen molar-refractivity contribution in [3.8, 4) is 11.5 Å². The highest BCUT2D eigenvalue weighted by Crippen LogP contribution is 2.33. The Bertz CT molecular complexity index is 663. The Labute approximate surface area is 132 Å². The second-order valence-electron chi connectivity index (χ2n) is 5.93. The number of ether oxygens (including phenoxy) is 3. The van der Waals surface area contributed by atoms with Gasteiger partial charge in [-0.25, -0.2) is 8.78 Å². The first-order valence-corrected chi connectivity index (χ1v) is 7.65. The van der Waals surface area contributed by atoms with Crippen LogP contribution in [0.25, 0.3) is 0 Å². The lowest BCUT2D eigenvalue weighted by Crippen LogP contribution is -2.01. The van der Waals surface area contributed by atoms with Gasteiger partial charge in [-0.1, -0.05) is 0 Å². The van der Waals surface area contributed by atoms with Crippen LogP contribution < -0.4 is 4.74 Å². The lowest BCUT2D eigenvalue weighted by molar-refractivity contribution is 0.397. The maximum absolute atomic E-state index is 13.5. The van der Waals surface area contributed by atoms with Gasteiger partial charge in [0, 0.05) is 24.0 Å². The standard InChI is InChI=1S/C18H16F2O3/c19-13-1-3-17(11(5-13)7-15-9-21-15)23-18-4-2-14(20)6-12(18)8-16-10-22-16/h1-6,15-16H,7-10H2/t15-,16-/m1/s1. The van der Waals surface area contributed by atoms with Crippen LogP contribution in [-0.2, 0) is 22.3 Å². The first kappa shape index (κ1) is 14.6. The van der Waals surface area contributed by atoms with E-state index in [1.54, 1.807) is 12.1 Å². The minimum Gasteiger partial charge on any atom is -0.457 e. The van der Waals surface area contributed by atoms with Gasteiger partial charge in [0.25, 0.3) is 0 Å². The molecule has 0 radical (unpaired) electrons. The minimum atomic E-state index is -0.307. The van der Waals surface area contributed by atoms with E-state index in [9.17, 15) is 8.78 Å². The molecule has 0 aliphatic carbocycles. The van der Waals surface area contributed by atoms with Crippen molar-refractivity contribution in [1.29, 1.82) is 0 Å². The zero-order valence-electron chi connectivity index (χ0n) is 12.4. The Morgan fingerprint density at radius 3 is 1.65 bits per heavy atom. The van der Waals surface area contributed by atoms with Gasteiger partial charge in [-0.05, 0) is 36.4 Å². The molecule has 23 heavy (non-hydrogen) atoms. The Morgan fingerprint density at radius 2 is 1.26 bits per heavy atom. The van der Waals surface area contributed by atoms with Crippen molar-refractivity contribution < 1.29 is 23.0 Å². The molecule has 2 atom stereocenters. The lowest BCUT2D eigenvalue weighted by Gasteiger charge is -2.14. The Hall–Kier alpha value is -1.98. The predicted molar refractivity (Wildman–Crippen MR) is 79.8 cm³/mol. The average molecular weight is 318 g/mol. The molecular formula is C18H16F2O3. The molecule has 0 amide bonds. The molecule has 0 bridgehead atoms. The summed E-state index contributed by atoms with van der Waals surface area (Å²) in [7, 11) is 0. The van der Waals surface area contributed by atoms with Crippen molar-refractivity contribution in [3.63, 3.8) is 0 Å². The molecule has 0 saturated carbocycles. The van der Waals surface area contributed by atoms with Gasteiger partial charge in [0.1, 0.15) is 23.1 Å². The summed E-state index contributed by atoms with van der Waals surface area (Å²) in [6, 6.07) is 8.86. The third-order valence-corrected chi connectivity index (χ3v) is 3.96. The van der Waals surface area contributed by atoms with E-state index < -0.39 is 0 Å². The first-order chi connectivity index (χ1) is 11.2. The fourth-order valence-electron chi connectivity index (χ4n) is 2.60. The van der Waals surface area contributed by atoms with Gasteiger partial charge in [0.2, 0.25) is 0 Å². The van der Waals surface area contributed by atoms with E-state index in [1.807, 2.05) is 0 Å². The molecule has 2 aliphatic rings. The Balaban J connectivity index is 1.61. The molecule has 0 spiro atoms. The summed E-state index contributed by atoms with van der Waals surface area (Å²) in [4.78, 5) is 0. The molecule has 2 aliphatic heterocycles. The van der Waals surface area contributed by atoms with E-state index >= 15 is 0 Å². The van der Waals surface area contributed by atoms with Crippen LogP contribution in [0.2, 0.25) is 0 Å². The summed E-state index contributed by atoms with van der Waals surface area (Å²) in [6.07, 6.45) is 1.48. The number of hydrogen-bond acceptors (Lipinski definition) is 3. The molecule has 120 valence electrons. The SMILES string of the molecule is Fc1ccc(Oc2ccc(F)cc2C[C@@H]2CO2)c(C[C@@H]2CO2)c1. The minimum absolute atomic E-state index is 0.131. The molecule has 2 aromatic carbocycles. The topological polar surface area (TPSA) is 34.3 Å². The number of halogens is 2. The summed E-state index contributed by atoms with van der Waals surface area (Å²) >= 11 is 0. The van der Waals surface area contributed by atoms with Gasteiger partial charge in [-0.3, -0.25) is 0 Å². The quantitative estimate of drug-likeness (QED) is 0.763. The largest absolute Gasteiger partial charge is 0.457 e. The van der Waals surface area contributed by atoms with E-state index in [4.69, 9.17) is 14.2 Å². The third kappa shape index (κ3) is 3.68. The van der Waals surface area contributed by atoms with E-state index in [2.05, 4.69) is 0 Å². The Kier molecular flexibility index (Phi) is 3.75. The second kappa shape index (κ2) is 5.91. The maximum Gasteiger partial charge on any atom is 0.130 e. The van der Waals surface area contributed by atoms with Gasteiger partial charge in [0.05, 0.1) is 25.4 Å². The van der Waals surface area contributed by atoms with Gasteiger partial charge >= 0.3 is 0 Å².